The number of hydrogen-bond acceptors (Lipinski definition) is 4. The van der Waals surface area contributed by atoms with E-state index in [0.29, 0.717) is 11.4 Å². The standard InChI is InChI=1S/C19H17NO3S/c1-23-18-10-6-5-9-17(18)19-16(11-12-24(2,21)22)15-8-4-3-7-14(15)13-20-19/h3-13H,1-2H3/b12-11+. The number of methoxy groups -OCH3 is 1. The maximum Gasteiger partial charge on any atom is 0.168 e. The number of para-hydroxylation sites is 1. The molecule has 24 heavy (non-hydrogen) atoms. The van der Waals surface area contributed by atoms with E-state index in [1.54, 1.807) is 19.4 Å². The molecule has 0 radical (unpaired) electrons. The van der Waals surface area contributed by atoms with Gasteiger partial charge < -0.3 is 4.74 Å². The molecule has 0 fully saturated rings. The third kappa shape index (κ3) is 3.31. The highest BCUT2D eigenvalue weighted by Gasteiger charge is 2.13. The van der Waals surface area contributed by atoms with Crippen molar-refractivity contribution in [3.05, 3.63) is 65.7 Å². The Kier molecular flexibility index (Phi) is 4.36. The van der Waals surface area contributed by atoms with Gasteiger partial charge in [-0.25, -0.2) is 8.42 Å². The molecular formula is C19H17NO3S. The molecule has 0 unspecified atom stereocenters. The van der Waals surface area contributed by atoms with Crippen LogP contribution in [0, 0.1) is 0 Å². The van der Waals surface area contributed by atoms with Gasteiger partial charge in [-0.1, -0.05) is 36.4 Å². The van der Waals surface area contributed by atoms with Gasteiger partial charge in [0.25, 0.3) is 0 Å². The first-order valence-corrected chi connectivity index (χ1v) is 9.34. The SMILES string of the molecule is COc1ccccc1-c1ncc2ccccc2c1/C=C/S(C)(=O)=O. The van der Waals surface area contributed by atoms with Crippen LogP contribution in [0.15, 0.2) is 60.1 Å². The van der Waals surface area contributed by atoms with Gasteiger partial charge in [0.2, 0.25) is 0 Å². The molecule has 0 saturated heterocycles. The number of hydrogen-bond donors (Lipinski definition) is 0. The zero-order valence-electron chi connectivity index (χ0n) is 13.4. The molecule has 122 valence electrons. The fraction of sp³-hybridized carbons (Fsp3) is 0.105. The third-order valence-electron chi connectivity index (χ3n) is 3.68. The summed E-state index contributed by atoms with van der Waals surface area (Å²) in [5.74, 6) is 0.689. The van der Waals surface area contributed by atoms with Gasteiger partial charge in [-0.05, 0) is 23.6 Å². The van der Waals surface area contributed by atoms with Crippen molar-refractivity contribution in [2.75, 3.05) is 13.4 Å². The number of ether oxygens (including phenoxy) is 1. The van der Waals surface area contributed by atoms with Crippen LogP contribution < -0.4 is 4.74 Å². The molecule has 0 saturated carbocycles. The molecule has 0 spiro atoms. The van der Waals surface area contributed by atoms with E-state index in [2.05, 4.69) is 4.98 Å². The number of fused-ring (bicyclic) bond motifs is 1. The van der Waals surface area contributed by atoms with Crippen LogP contribution in [0.4, 0.5) is 0 Å². The molecule has 0 amide bonds. The number of pyridine rings is 1. The molecule has 0 N–H and O–H groups in total. The van der Waals surface area contributed by atoms with E-state index >= 15 is 0 Å². The summed E-state index contributed by atoms with van der Waals surface area (Å²) in [6.45, 7) is 0. The molecule has 0 aliphatic heterocycles. The predicted molar refractivity (Wildman–Crippen MR) is 97.6 cm³/mol. The third-order valence-corrected chi connectivity index (χ3v) is 4.31. The van der Waals surface area contributed by atoms with Crippen molar-refractivity contribution in [3.8, 4) is 17.0 Å². The van der Waals surface area contributed by atoms with Gasteiger partial charge in [-0.2, -0.15) is 0 Å². The highest BCUT2D eigenvalue weighted by molar-refractivity contribution is 7.93. The lowest BCUT2D eigenvalue weighted by molar-refractivity contribution is 0.416. The molecular weight excluding hydrogens is 322 g/mol. The van der Waals surface area contributed by atoms with Gasteiger partial charge in [-0.15, -0.1) is 0 Å². The number of nitrogens with zero attached hydrogens (tertiary/aromatic N) is 1. The first-order valence-electron chi connectivity index (χ1n) is 7.39. The minimum absolute atomic E-state index is 0.686. The molecule has 3 aromatic rings. The molecule has 5 heteroatoms. The van der Waals surface area contributed by atoms with Crippen molar-refractivity contribution >= 4 is 26.7 Å². The lowest BCUT2D eigenvalue weighted by atomic mass is 9.99. The van der Waals surface area contributed by atoms with Crippen LogP contribution in [0.25, 0.3) is 28.1 Å². The van der Waals surface area contributed by atoms with E-state index in [4.69, 9.17) is 4.74 Å². The van der Waals surface area contributed by atoms with Crippen LogP contribution in [0.1, 0.15) is 5.56 Å². The number of benzene rings is 2. The van der Waals surface area contributed by atoms with E-state index in [-0.39, 0.29) is 0 Å². The Morgan fingerprint density at radius 2 is 1.75 bits per heavy atom. The van der Waals surface area contributed by atoms with E-state index in [9.17, 15) is 8.42 Å². The maximum atomic E-state index is 11.6. The van der Waals surface area contributed by atoms with E-state index in [1.807, 2.05) is 48.5 Å². The van der Waals surface area contributed by atoms with Gasteiger partial charge in [0.1, 0.15) is 5.75 Å². The predicted octanol–water partition coefficient (Wildman–Crippen LogP) is 3.93. The van der Waals surface area contributed by atoms with Gasteiger partial charge in [0, 0.05) is 34.4 Å². The zero-order chi connectivity index (χ0) is 17.2. The van der Waals surface area contributed by atoms with Crippen molar-refractivity contribution < 1.29 is 13.2 Å². The van der Waals surface area contributed by atoms with Crippen LogP contribution in [-0.2, 0) is 9.84 Å². The van der Waals surface area contributed by atoms with Crippen LogP contribution in [0.5, 0.6) is 5.75 Å². The van der Waals surface area contributed by atoms with E-state index < -0.39 is 9.84 Å². The highest BCUT2D eigenvalue weighted by Crippen LogP contribution is 2.34. The quantitative estimate of drug-likeness (QED) is 0.723. The number of sulfone groups is 1. The van der Waals surface area contributed by atoms with Crippen LogP contribution in [0.3, 0.4) is 0 Å². The molecule has 0 atom stereocenters. The van der Waals surface area contributed by atoms with Crippen LogP contribution in [-0.4, -0.2) is 26.8 Å². The Balaban J connectivity index is 2.34. The monoisotopic (exact) mass is 339 g/mol. The molecule has 4 nitrogen and oxygen atoms in total. The summed E-state index contributed by atoms with van der Waals surface area (Å²) in [4.78, 5) is 4.56. The normalized spacial score (nSPS) is 11.9. The maximum absolute atomic E-state index is 11.6. The largest absolute Gasteiger partial charge is 0.496 e. The van der Waals surface area contributed by atoms with Crippen LogP contribution >= 0.6 is 0 Å². The average Bonchev–Trinajstić information content (AvgIpc) is 2.58. The molecule has 1 aromatic heterocycles. The Labute approximate surface area is 141 Å². The lowest BCUT2D eigenvalue weighted by Crippen LogP contribution is -1.95. The molecule has 0 aliphatic carbocycles. The first-order chi connectivity index (χ1) is 11.5. The fourth-order valence-corrected chi connectivity index (χ4v) is 2.98. The van der Waals surface area contributed by atoms with Crippen molar-refractivity contribution in [1.29, 1.82) is 0 Å². The smallest absolute Gasteiger partial charge is 0.168 e. The Bertz CT molecular complexity index is 1020. The second-order valence-electron chi connectivity index (χ2n) is 5.44. The summed E-state index contributed by atoms with van der Waals surface area (Å²) >= 11 is 0. The summed E-state index contributed by atoms with van der Waals surface area (Å²) in [7, 11) is -1.64. The summed E-state index contributed by atoms with van der Waals surface area (Å²) in [6, 6.07) is 15.3. The summed E-state index contributed by atoms with van der Waals surface area (Å²) in [6.07, 6.45) is 4.56. The Hall–Kier alpha value is -2.66. The van der Waals surface area contributed by atoms with Gasteiger partial charge in [0.05, 0.1) is 12.8 Å². The van der Waals surface area contributed by atoms with Crippen molar-refractivity contribution in [3.63, 3.8) is 0 Å². The van der Waals surface area contributed by atoms with Crippen molar-refractivity contribution in [1.82, 2.24) is 4.98 Å². The summed E-state index contributed by atoms with van der Waals surface area (Å²) in [5, 5.41) is 3.09. The van der Waals surface area contributed by atoms with E-state index in [0.717, 1.165) is 21.9 Å². The summed E-state index contributed by atoms with van der Waals surface area (Å²) < 4.78 is 28.6. The zero-order valence-corrected chi connectivity index (χ0v) is 14.2. The van der Waals surface area contributed by atoms with Crippen LogP contribution in [0.2, 0.25) is 0 Å². The van der Waals surface area contributed by atoms with Crippen molar-refractivity contribution in [2.45, 2.75) is 0 Å². The minimum atomic E-state index is -3.25. The molecule has 2 aromatic carbocycles. The fourth-order valence-electron chi connectivity index (χ4n) is 2.60. The first kappa shape index (κ1) is 16.2. The Morgan fingerprint density at radius 3 is 2.50 bits per heavy atom. The molecule has 1 heterocycles. The Morgan fingerprint density at radius 1 is 1.04 bits per heavy atom. The molecule has 0 bridgehead atoms. The second kappa shape index (κ2) is 6.45. The topological polar surface area (TPSA) is 56.3 Å². The van der Waals surface area contributed by atoms with Gasteiger partial charge in [0.15, 0.2) is 9.84 Å². The minimum Gasteiger partial charge on any atom is -0.496 e. The van der Waals surface area contributed by atoms with Gasteiger partial charge >= 0.3 is 0 Å². The summed E-state index contributed by atoms with van der Waals surface area (Å²) in [5.41, 5.74) is 2.26. The van der Waals surface area contributed by atoms with Crippen molar-refractivity contribution in [2.24, 2.45) is 0 Å². The van der Waals surface area contributed by atoms with Gasteiger partial charge in [-0.3, -0.25) is 4.98 Å². The number of aromatic nitrogens is 1. The molecule has 0 aliphatic rings. The molecule has 3 rings (SSSR count). The second-order valence-corrected chi connectivity index (χ2v) is 7.37. The average molecular weight is 339 g/mol. The highest BCUT2D eigenvalue weighted by atomic mass is 32.2. The number of rotatable bonds is 4. The van der Waals surface area contributed by atoms with E-state index in [1.165, 1.54) is 11.7 Å². The lowest BCUT2D eigenvalue weighted by Gasteiger charge is -2.12.